The van der Waals surface area contributed by atoms with Crippen LogP contribution in [0.25, 0.3) is 21.6 Å². The van der Waals surface area contributed by atoms with Crippen LogP contribution in [0.5, 0.6) is 5.75 Å². The van der Waals surface area contributed by atoms with Crippen molar-refractivity contribution in [3.63, 3.8) is 0 Å². The van der Waals surface area contributed by atoms with Crippen molar-refractivity contribution < 1.29 is 9.66 Å². The third-order valence-electron chi connectivity index (χ3n) is 4.12. The van der Waals surface area contributed by atoms with Crippen LogP contribution in [-0.2, 0) is 6.54 Å². The van der Waals surface area contributed by atoms with Crippen LogP contribution in [0, 0.1) is 10.1 Å². The number of hydrogen-bond acceptors (Lipinski definition) is 8. The smallest absolute Gasteiger partial charge is 0.270 e. The number of fused-ring (bicyclic) bond motifs is 1. The van der Waals surface area contributed by atoms with Crippen molar-refractivity contribution in [2.24, 2.45) is 0 Å². The molecule has 4 aromatic rings. The number of para-hydroxylation sites is 1. The van der Waals surface area contributed by atoms with Crippen molar-refractivity contribution in [1.29, 1.82) is 0 Å². The largest absolute Gasteiger partial charge is 0.496 e. The molecule has 0 atom stereocenters. The summed E-state index contributed by atoms with van der Waals surface area (Å²) in [5, 5.41) is 20.3. The second-order valence-electron chi connectivity index (χ2n) is 5.90. The molecule has 29 heavy (non-hydrogen) atoms. The van der Waals surface area contributed by atoms with E-state index < -0.39 is 4.92 Å². The molecule has 10 heteroatoms. The first-order valence-corrected chi connectivity index (χ1v) is 10.1. The van der Waals surface area contributed by atoms with E-state index in [4.69, 9.17) is 4.74 Å². The van der Waals surface area contributed by atoms with Crippen molar-refractivity contribution in [3.8, 4) is 17.1 Å². The number of benzene rings is 2. The second-order valence-corrected chi connectivity index (χ2v) is 8.14. The Morgan fingerprint density at radius 2 is 2.14 bits per heavy atom. The predicted octanol–water partition coefficient (Wildman–Crippen LogP) is 4.81. The number of ether oxygens (including phenoxy) is 1. The maximum Gasteiger partial charge on any atom is 0.270 e. The Labute approximate surface area is 174 Å². The summed E-state index contributed by atoms with van der Waals surface area (Å²) >= 11 is 2.74. The normalized spacial score (nSPS) is 10.9. The molecule has 0 N–H and O–H groups in total. The third-order valence-corrected chi connectivity index (χ3v) is 6.18. The highest BCUT2D eigenvalue weighted by molar-refractivity contribution is 8.01. The molecule has 2 heterocycles. The molecule has 0 saturated heterocycles. The van der Waals surface area contributed by atoms with E-state index in [9.17, 15) is 10.1 Å². The number of methoxy groups -OCH3 is 1. The molecule has 146 valence electrons. The fourth-order valence-electron chi connectivity index (χ4n) is 2.81. The van der Waals surface area contributed by atoms with Crippen LogP contribution < -0.4 is 4.74 Å². The fourth-order valence-corrected chi connectivity index (χ4v) is 4.86. The summed E-state index contributed by atoms with van der Waals surface area (Å²) in [4.78, 5) is 15.1. The average molecular weight is 425 g/mol. The molecule has 0 unspecified atom stereocenters. The second kappa shape index (κ2) is 8.02. The molecule has 0 saturated carbocycles. The van der Waals surface area contributed by atoms with Crippen molar-refractivity contribution >= 4 is 39.0 Å². The standard InChI is InChI=1S/C19H15N5O3S2/c1-3-10-23-17(13-6-4-5-7-15(13)27-2)21-22-18(23)29-19-20-14-9-8-12(24(25)26)11-16(14)28-19/h3-9,11H,1,10H2,2H3. The van der Waals surface area contributed by atoms with Gasteiger partial charge in [0.15, 0.2) is 15.3 Å². The lowest BCUT2D eigenvalue weighted by Gasteiger charge is -2.10. The van der Waals surface area contributed by atoms with Gasteiger partial charge in [-0.25, -0.2) is 4.98 Å². The number of nitrogens with zero attached hydrogens (tertiary/aromatic N) is 5. The number of aromatic nitrogens is 4. The minimum Gasteiger partial charge on any atom is -0.496 e. The zero-order chi connectivity index (χ0) is 20.4. The van der Waals surface area contributed by atoms with E-state index in [2.05, 4.69) is 21.8 Å². The van der Waals surface area contributed by atoms with Crippen molar-refractivity contribution in [1.82, 2.24) is 19.7 Å². The monoisotopic (exact) mass is 425 g/mol. The molecule has 8 nitrogen and oxygen atoms in total. The van der Waals surface area contributed by atoms with Crippen molar-refractivity contribution in [2.45, 2.75) is 16.0 Å². The molecule has 0 spiro atoms. The maximum atomic E-state index is 11.0. The summed E-state index contributed by atoms with van der Waals surface area (Å²) in [6, 6.07) is 12.2. The lowest BCUT2D eigenvalue weighted by Crippen LogP contribution is -2.01. The molecule has 0 fully saturated rings. The van der Waals surface area contributed by atoms with Crippen molar-refractivity contribution in [2.75, 3.05) is 7.11 Å². The van der Waals surface area contributed by atoms with Gasteiger partial charge in [0.05, 0.1) is 27.8 Å². The minimum atomic E-state index is -0.411. The Balaban J connectivity index is 1.72. The van der Waals surface area contributed by atoms with Gasteiger partial charge in [0, 0.05) is 18.7 Å². The van der Waals surface area contributed by atoms with Gasteiger partial charge in [0.25, 0.3) is 5.69 Å². The van der Waals surface area contributed by atoms with Gasteiger partial charge in [-0.3, -0.25) is 14.7 Å². The van der Waals surface area contributed by atoms with E-state index in [1.54, 1.807) is 19.3 Å². The van der Waals surface area contributed by atoms with Gasteiger partial charge in [-0.1, -0.05) is 18.2 Å². The van der Waals surface area contributed by atoms with Crippen LogP contribution in [0.2, 0.25) is 0 Å². The summed E-state index contributed by atoms with van der Waals surface area (Å²) < 4.78 is 8.86. The summed E-state index contributed by atoms with van der Waals surface area (Å²) in [7, 11) is 1.61. The Morgan fingerprint density at radius 1 is 1.31 bits per heavy atom. The quantitative estimate of drug-likeness (QED) is 0.238. The Hall–Kier alpha value is -3.24. The SMILES string of the molecule is C=CCn1c(Sc2nc3ccc([N+](=O)[O-])cc3s2)nnc1-c1ccccc1OC. The van der Waals surface area contributed by atoms with Crippen LogP contribution in [0.4, 0.5) is 5.69 Å². The zero-order valence-corrected chi connectivity index (χ0v) is 16.9. The maximum absolute atomic E-state index is 11.0. The molecular formula is C19H15N5O3S2. The van der Waals surface area contributed by atoms with Gasteiger partial charge >= 0.3 is 0 Å². The Morgan fingerprint density at radius 3 is 2.90 bits per heavy atom. The number of nitro groups is 1. The molecular weight excluding hydrogens is 410 g/mol. The first-order valence-electron chi connectivity index (χ1n) is 8.51. The number of allylic oxidation sites excluding steroid dienone is 1. The molecule has 2 aromatic heterocycles. The molecule has 0 aliphatic carbocycles. The topological polar surface area (TPSA) is 96.0 Å². The van der Waals surface area contributed by atoms with Crippen LogP contribution in [0.3, 0.4) is 0 Å². The number of hydrogen-bond donors (Lipinski definition) is 0. The molecule has 0 aliphatic heterocycles. The number of non-ortho nitro benzene ring substituents is 1. The van der Waals surface area contributed by atoms with Gasteiger partial charge in [-0.05, 0) is 30.0 Å². The van der Waals surface area contributed by atoms with Gasteiger partial charge in [0.1, 0.15) is 5.75 Å². The van der Waals surface area contributed by atoms with Crippen LogP contribution >= 0.6 is 23.1 Å². The van der Waals surface area contributed by atoms with E-state index in [1.165, 1.54) is 35.2 Å². The summed E-state index contributed by atoms with van der Waals surface area (Å²) in [5.41, 5.74) is 1.59. The first-order chi connectivity index (χ1) is 14.1. The number of rotatable bonds is 7. The number of thiazole rings is 1. The van der Waals surface area contributed by atoms with Gasteiger partial charge in [-0.2, -0.15) is 0 Å². The highest BCUT2D eigenvalue weighted by Gasteiger charge is 2.19. The molecule has 0 amide bonds. The predicted molar refractivity (Wildman–Crippen MR) is 113 cm³/mol. The van der Waals surface area contributed by atoms with E-state index in [0.717, 1.165) is 14.6 Å². The Bertz CT molecular complexity index is 1220. The summed E-state index contributed by atoms with van der Waals surface area (Å²) in [6.45, 7) is 4.34. The molecule has 2 aromatic carbocycles. The first kappa shape index (κ1) is 19.1. The fraction of sp³-hybridized carbons (Fsp3) is 0.105. The van der Waals surface area contributed by atoms with Crippen molar-refractivity contribution in [3.05, 3.63) is 65.2 Å². The lowest BCUT2D eigenvalue weighted by molar-refractivity contribution is -0.384. The summed E-state index contributed by atoms with van der Waals surface area (Å²) in [5.74, 6) is 1.37. The number of nitro benzene ring substituents is 1. The van der Waals surface area contributed by atoms with E-state index in [1.807, 2.05) is 28.8 Å². The highest BCUT2D eigenvalue weighted by atomic mass is 32.2. The van der Waals surface area contributed by atoms with E-state index in [0.29, 0.717) is 28.8 Å². The van der Waals surface area contributed by atoms with Crippen LogP contribution in [-0.4, -0.2) is 31.8 Å². The minimum absolute atomic E-state index is 0.0472. The third kappa shape index (κ3) is 3.71. The van der Waals surface area contributed by atoms with Crippen LogP contribution in [0.15, 0.2) is 64.6 Å². The summed E-state index contributed by atoms with van der Waals surface area (Å²) in [6.07, 6.45) is 1.77. The molecule has 4 rings (SSSR count). The highest BCUT2D eigenvalue weighted by Crippen LogP contribution is 2.37. The lowest BCUT2D eigenvalue weighted by atomic mass is 10.2. The zero-order valence-electron chi connectivity index (χ0n) is 15.3. The van der Waals surface area contributed by atoms with E-state index in [-0.39, 0.29) is 5.69 Å². The van der Waals surface area contributed by atoms with Gasteiger partial charge < -0.3 is 4.74 Å². The molecule has 0 radical (unpaired) electrons. The van der Waals surface area contributed by atoms with E-state index >= 15 is 0 Å². The average Bonchev–Trinajstić information content (AvgIpc) is 3.31. The molecule has 0 aliphatic rings. The van der Waals surface area contributed by atoms with Gasteiger partial charge in [-0.15, -0.1) is 28.1 Å². The van der Waals surface area contributed by atoms with Crippen LogP contribution in [0.1, 0.15) is 0 Å². The van der Waals surface area contributed by atoms with Gasteiger partial charge in [0.2, 0.25) is 0 Å². The Kier molecular flexibility index (Phi) is 5.28. The molecule has 0 bridgehead atoms.